The Hall–Kier alpha value is -3.28. The van der Waals surface area contributed by atoms with Crippen LogP contribution in [0.2, 0.25) is 0 Å². The van der Waals surface area contributed by atoms with Crippen molar-refractivity contribution in [2.24, 2.45) is 0 Å². The van der Waals surface area contributed by atoms with Crippen LogP contribution in [0.1, 0.15) is 5.56 Å². The molecule has 1 N–H and O–H groups in total. The van der Waals surface area contributed by atoms with E-state index in [0.29, 0.717) is 18.0 Å². The van der Waals surface area contributed by atoms with Gasteiger partial charge in [0.25, 0.3) is 0 Å². The molecule has 2 heterocycles. The molecule has 1 aromatic heterocycles. The first-order valence-electron chi connectivity index (χ1n) is 7.95. The third-order valence-corrected chi connectivity index (χ3v) is 4.09. The number of hydrogen-bond donors (Lipinski definition) is 1. The number of methoxy groups -OCH3 is 1. The topological polar surface area (TPSA) is 65.4 Å². The first-order valence-corrected chi connectivity index (χ1v) is 7.95. The van der Waals surface area contributed by atoms with Crippen LogP contribution in [0.4, 0.5) is 5.69 Å². The molecule has 0 aliphatic carbocycles. The maximum absolute atomic E-state index is 12.4. The highest BCUT2D eigenvalue weighted by atomic mass is 16.5. The molecule has 0 saturated heterocycles. The molecule has 0 spiro atoms. The molecule has 0 radical (unpaired) electrons. The van der Waals surface area contributed by atoms with Gasteiger partial charge in [-0.1, -0.05) is 18.2 Å². The van der Waals surface area contributed by atoms with Gasteiger partial charge in [-0.25, -0.2) is 0 Å². The van der Waals surface area contributed by atoms with Crippen molar-refractivity contribution in [3.63, 3.8) is 0 Å². The van der Waals surface area contributed by atoms with Gasteiger partial charge in [0.05, 0.1) is 19.0 Å². The molecule has 0 bridgehead atoms. The molecule has 6 nitrogen and oxygen atoms in total. The van der Waals surface area contributed by atoms with Gasteiger partial charge in [0.1, 0.15) is 24.7 Å². The van der Waals surface area contributed by atoms with Crippen molar-refractivity contribution < 1.29 is 14.3 Å². The second kappa shape index (κ2) is 6.32. The maximum Gasteiger partial charge on any atom is 0.246 e. The Morgan fingerprint density at radius 1 is 1.28 bits per heavy atom. The molecule has 1 aliphatic heterocycles. The lowest BCUT2D eigenvalue weighted by molar-refractivity contribution is -0.116. The van der Waals surface area contributed by atoms with Crippen molar-refractivity contribution in [1.29, 1.82) is 0 Å². The Morgan fingerprint density at radius 2 is 2.16 bits per heavy atom. The fourth-order valence-electron chi connectivity index (χ4n) is 2.94. The second-order valence-electron chi connectivity index (χ2n) is 5.74. The molecule has 0 atom stereocenters. The minimum absolute atomic E-state index is 0.126. The molecule has 25 heavy (non-hydrogen) atoms. The summed E-state index contributed by atoms with van der Waals surface area (Å²) in [7, 11) is 1.59. The van der Waals surface area contributed by atoms with Gasteiger partial charge in [0.15, 0.2) is 0 Å². The highest BCUT2D eigenvalue weighted by Crippen LogP contribution is 2.36. The largest absolute Gasteiger partial charge is 0.497 e. The molecule has 126 valence electrons. The van der Waals surface area contributed by atoms with Gasteiger partial charge < -0.3 is 14.8 Å². The highest BCUT2D eigenvalue weighted by Gasteiger charge is 2.22. The number of fused-ring (bicyclic) bond motifs is 3. The summed E-state index contributed by atoms with van der Waals surface area (Å²) in [6.45, 7) is 0.588. The predicted octanol–water partition coefficient (Wildman–Crippen LogP) is 3.09. The van der Waals surface area contributed by atoms with E-state index in [-0.39, 0.29) is 12.5 Å². The van der Waals surface area contributed by atoms with E-state index in [9.17, 15) is 4.79 Å². The number of benzene rings is 2. The normalized spacial score (nSPS) is 11.9. The van der Waals surface area contributed by atoms with Crippen LogP contribution in [0, 0.1) is 0 Å². The van der Waals surface area contributed by atoms with Crippen LogP contribution in [-0.2, 0) is 17.9 Å². The van der Waals surface area contributed by atoms with Crippen LogP contribution < -0.4 is 14.8 Å². The highest BCUT2D eigenvalue weighted by molar-refractivity contribution is 5.91. The van der Waals surface area contributed by atoms with Crippen molar-refractivity contribution in [1.82, 2.24) is 9.78 Å². The lowest BCUT2D eigenvalue weighted by Gasteiger charge is -2.19. The Morgan fingerprint density at radius 3 is 3.04 bits per heavy atom. The smallest absolute Gasteiger partial charge is 0.246 e. The lowest BCUT2D eigenvalue weighted by atomic mass is 10.0. The number of hydrogen-bond acceptors (Lipinski definition) is 4. The third-order valence-electron chi connectivity index (χ3n) is 4.09. The number of para-hydroxylation sites is 1. The number of nitrogens with zero attached hydrogens (tertiary/aromatic N) is 2. The zero-order chi connectivity index (χ0) is 17.2. The number of rotatable bonds is 4. The third kappa shape index (κ3) is 2.94. The molecule has 1 aliphatic rings. The van der Waals surface area contributed by atoms with E-state index in [1.165, 1.54) is 0 Å². The zero-order valence-corrected chi connectivity index (χ0v) is 13.7. The van der Waals surface area contributed by atoms with E-state index in [1.807, 2.05) is 42.5 Å². The molecule has 1 amide bonds. The van der Waals surface area contributed by atoms with Gasteiger partial charge in [0.2, 0.25) is 5.91 Å². The average Bonchev–Trinajstić information content (AvgIpc) is 3.05. The summed E-state index contributed by atoms with van der Waals surface area (Å²) < 4.78 is 12.6. The summed E-state index contributed by atoms with van der Waals surface area (Å²) in [5.74, 6) is 1.36. The van der Waals surface area contributed by atoms with Crippen molar-refractivity contribution in [3.05, 3.63) is 60.3 Å². The number of carbonyl (C=O) groups excluding carboxylic acids is 1. The van der Waals surface area contributed by atoms with E-state index in [0.717, 1.165) is 22.6 Å². The molecule has 0 fully saturated rings. The summed E-state index contributed by atoms with van der Waals surface area (Å²) >= 11 is 0. The van der Waals surface area contributed by atoms with Crippen LogP contribution >= 0.6 is 0 Å². The SMILES string of the molecule is COc1cccc(NC(=O)Cn2ncc3c2-c2ccccc2OC3)c1. The molecular formula is C19H17N3O3. The summed E-state index contributed by atoms with van der Waals surface area (Å²) in [4.78, 5) is 12.4. The number of ether oxygens (including phenoxy) is 2. The van der Waals surface area contributed by atoms with Crippen LogP contribution in [-0.4, -0.2) is 22.8 Å². The van der Waals surface area contributed by atoms with E-state index in [2.05, 4.69) is 10.4 Å². The van der Waals surface area contributed by atoms with Gasteiger partial charge in [-0.2, -0.15) is 5.10 Å². The number of anilines is 1. The van der Waals surface area contributed by atoms with E-state index in [1.54, 1.807) is 24.1 Å². The first kappa shape index (κ1) is 15.3. The minimum atomic E-state index is -0.150. The van der Waals surface area contributed by atoms with Crippen LogP contribution in [0.5, 0.6) is 11.5 Å². The van der Waals surface area contributed by atoms with Gasteiger partial charge in [0, 0.05) is 22.9 Å². The number of nitrogens with one attached hydrogen (secondary N) is 1. The van der Waals surface area contributed by atoms with Crippen molar-refractivity contribution in [2.75, 3.05) is 12.4 Å². The Labute approximate surface area is 145 Å². The molecular weight excluding hydrogens is 318 g/mol. The zero-order valence-electron chi connectivity index (χ0n) is 13.7. The number of amides is 1. The molecule has 0 unspecified atom stereocenters. The molecule has 6 heteroatoms. The van der Waals surface area contributed by atoms with Gasteiger partial charge in [-0.05, 0) is 24.3 Å². The number of carbonyl (C=O) groups is 1. The Balaban J connectivity index is 1.56. The van der Waals surface area contributed by atoms with Gasteiger partial charge in [-0.15, -0.1) is 0 Å². The quantitative estimate of drug-likeness (QED) is 0.796. The molecule has 3 aromatic rings. The monoisotopic (exact) mass is 335 g/mol. The van der Waals surface area contributed by atoms with E-state index >= 15 is 0 Å². The van der Waals surface area contributed by atoms with Gasteiger partial charge >= 0.3 is 0 Å². The fraction of sp³-hybridized carbons (Fsp3) is 0.158. The summed E-state index contributed by atoms with van der Waals surface area (Å²) in [5.41, 5.74) is 3.56. The predicted molar refractivity (Wildman–Crippen MR) is 93.6 cm³/mol. The maximum atomic E-state index is 12.4. The minimum Gasteiger partial charge on any atom is -0.497 e. The fourth-order valence-corrected chi connectivity index (χ4v) is 2.94. The number of aromatic nitrogens is 2. The second-order valence-corrected chi connectivity index (χ2v) is 5.74. The molecule has 2 aromatic carbocycles. The lowest BCUT2D eigenvalue weighted by Crippen LogP contribution is -2.20. The van der Waals surface area contributed by atoms with Crippen molar-refractivity contribution >= 4 is 11.6 Å². The van der Waals surface area contributed by atoms with Crippen LogP contribution in [0.25, 0.3) is 11.3 Å². The van der Waals surface area contributed by atoms with E-state index in [4.69, 9.17) is 9.47 Å². The van der Waals surface area contributed by atoms with Crippen molar-refractivity contribution in [3.8, 4) is 22.8 Å². The average molecular weight is 335 g/mol. The summed E-state index contributed by atoms with van der Waals surface area (Å²) in [6.07, 6.45) is 1.75. The first-order chi connectivity index (χ1) is 12.2. The van der Waals surface area contributed by atoms with Crippen LogP contribution in [0.15, 0.2) is 54.7 Å². The molecule has 0 saturated carbocycles. The van der Waals surface area contributed by atoms with Crippen LogP contribution in [0.3, 0.4) is 0 Å². The summed E-state index contributed by atoms with van der Waals surface area (Å²) in [6, 6.07) is 15.0. The van der Waals surface area contributed by atoms with Crippen molar-refractivity contribution in [2.45, 2.75) is 13.2 Å². The van der Waals surface area contributed by atoms with E-state index < -0.39 is 0 Å². The van der Waals surface area contributed by atoms with Gasteiger partial charge in [-0.3, -0.25) is 9.48 Å². The Bertz CT molecular complexity index is 933. The standard InChI is InChI=1S/C19H17N3O3/c1-24-15-6-4-5-14(9-15)21-18(23)11-22-19-13(10-20-22)12-25-17-8-3-2-7-16(17)19/h2-10H,11-12H2,1H3,(H,21,23). The molecule has 4 rings (SSSR count). The Kier molecular flexibility index (Phi) is 3.85. The summed E-state index contributed by atoms with van der Waals surface area (Å²) in [5, 5.41) is 7.24.